The lowest BCUT2D eigenvalue weighted by atomic mass is 10.1. The Morgan fingerprint density at radius 2 is 1.49 bits per heavy atom. The molecule has 35 heavy (non-hydrogen) atoms. The molecule has 2 amide bonds. The van der Waals surface area contributed by atoms with Crippen molar-refractivity contribution in [2.45, 2.75) is 12.6 Å². The molecule has 2 heterocycles. The summed E-state index contributed by atoms with van der Waals surface area (Å²) in [4.78, 5) is 33.4. The molecule has 0 unspecified atom stereocenters. The highest BCUT2D eigenvalue weighted by Crippen LogP contribution is 2.23. The van der Waals surface area contributed by atoms with Crippen LogP contribution < -0.4 is 15.5 Å². The van der Waals surface area contributed by atoms with Gasteiger partial charge in [0.1, 0.15) is 11.6 Å². The third-order valence-corrected chi connectivity index (χ3v) is 6.04. The Labute approximate surface area is 202 Å². The van der Waals surface area contributed by atoms with Crippen LogP contribution in [0.2, 0.25) is 0 Å². The number of hydrogen-bond acceptors (Lipinski definition) is 5. The Morgan fingerprint density at radius 1 is 0.857 bits per heavy atom. The molecule has 2 aromatic carbocycles. The summed E-state index contributed by atoms with van der Waals surface area (Å²) in [5.41, 5.74) is 2.60. The van der Waals surface area contributed by atoms with Crippen LogP contribution in [0.3, 0.4) is 0 Å². The van der Waals surface area contributed by atoms with E-state index in [1.165, 1.54) is 24.3 Å². The van der Waals surface area contributed by atoms with Gasteiger partial charge in [-0.25, -0.2) is 8.78 Å². The zero-order valence-corrected chi connectivity index (χ0v) is 19.2. The quantitative estimate of drug-likeness (QED) is 0.510. The molecule has 0 saturated carbocycles. The van der Waals surface area contributed by atoms with Crippen LogP contribution in [-0.4, -0.2) is 54.4 Å². The van der Waals surface area contributed by atoms with Gasteiger partial charge in [0.05, 0.1) is 6.04 Å². The average Bonchev–Trinajstić information content (AvgIpc) is 2.89. The molecule has 182 valence electrons. The van der Waals surface area contributed by atoms with E-state index in [1.807, 2.05) is 12.1 Å². The lowest BCUT2D eigenvalue weighted by molar-refractivity contribution is -0.139. The Bertz CT molecular complexity index is 1120. The number of carbonyl (C=O) groups excluding carboxylic acids is 2. The van der Waals surface area contributed by atoms with E-state index in [0.717, 1.165) is 37.4 Å². The standard InChI is InChI=1S/C26H27F2N5O2/c27-21-5-3-19(4-6-21)16-30-25(34)26(35)31-18-24(20-2-1-11-29-17-20)33-14-12-32(13-15-33)23-9-7-22(28)8-10-23/h1-11,17,24H,12-16,18H2,(H,30,34)(H,31,35)/t24-/m0/s1. The fourth-order valence-electron chi connectivity index (χ4n) is 4.11. The maximum absolute atomic E-state index is 13.3. The Morgan fingerprint density at radius 3 is 2.11 bits per heavy atom. The van der Waals surface area contributed by atoms with Gasteiger partial charge in [0.15, 0.2) is 0 Å². The number of pyridine rings is 1. The first-order valence-corrected chi connectivity index (χ1v) is 11.4. The lowest BCUT2D eigenvalue weighted by Gasteiger charge is -2.40. The van der Waals surface area contributed by atoms with E-state index in [2.05, 4.69) is 25.4 Å². The molecule has 1 atom stereocenters. The smallest absolute Gasteiger partial charge is 0.309 e. The first-order chi connectivity index (χ1) is 17.0. The predicted octanol–water partition coefficient (Wildman–Crippen LogP) is 2.66. The highest BCUT2D eigenvalue weighted by atomic mass is 19.1. The zero-order chi connectivity index (χ0) is 24.6. The van der Waals surface area contributed by atoms with Crippen molar-refractivity contribution < 1.29 is 18.4 Å². The largest absolute Gasteiger partial charge is 0.369 e. The first-order valence-electron chi connectivity index (χ1n) is 11.4. The molecular formula is C26H27F2N5O2. The van der Waals surface area contributed by atoms with Crippen LogP contribution in [0.4, 0.5) is 14.5 Å². The average molecular weight is 480 g/mol. The van der Waals surface area contributed by atoms with E-state index >= 15 is 0 Å². The van der Waals surface area contributed by atoms with Crippen molar-refractivity contribution in [2.24, 2.45) is 0 Å². The fourth-order valence-corrected chi connectivity index (χ4v) is 4.11. The number of rotatable bonds is 7. The maximum atomic E-state index is 13.3. The predicted molar refractivity (Wildman–Crippen MR) is 128 cm³/mol. The summed E-state index contributed by atoms with van der Waals surface area (Å²) in [6.07, 6.45) is 3.45. The van der Waals surface area contributed by atoms with Gasteiger partial charge in [0, 0.05) is 57.3 Å². The van der Waals surface area contributed by atoms with Crippen LogP contribution in [0.15, 0.2) is 73.1 Å². The van der Waals surface area contributed by atoms with Gasteiger partial charge in [0.25, 0.3) is 0 Å². The van der Waals surface area contributed by atoms with Gasteiger partial charge in [-0.3, -0.25) is 19.5 Å². The lowest BCUT2D eigenvalue weighted by Crippen LogP contribution is -2.50. The summed E-state index contributed by atoms with van der Waals surface area (Å²) in [5, 5.41) is 5.29. The number of amides is 2. The molecule has 0 spiro atoms. The third-order valence-electron chi connectivity index (χ3n) is 6.04. The minimum absolute atomic E-state index is 0.129. The van der Waals surface area contributed by atoms with Crippen LogP contribution in [0, 0.1) is 11.6 Å². The monoisotopic (exact) mass is 479 g/mol. The number of piperazine rings is 1. The summed E-state index contributed by atoms with van der Waals surface area (Å²) in [7, 11) is 0. The molecule has 1 aliphatic rings. The molecule has 0 aliphatic carbocycles. The van der Waals surface area contributed by atoms with E-state index in [0.29, 0.717) is 5.56 Å². The number of anilines is 1. The minimum atomic E-state index is -0.750. The summed E-state index contributed by atoms with van der Waals surface area (Å²) >= 11 is 0. The molecular weight excluding hydrogens is 452 g/mol. The van der Waals surface area contributed by atoms with Crippen molar-refractivity contribution >= 4 is 17.5 Å². The number of hydrogen-bond donors (Lipinski definition) is 2. The molecule has 7 nitrogen and oxygen atoms in total. The Kier molecular flexibility index (Phi) is 7.99. The Balaban J connectivity index is 1.34. The third kappa shape index (κ3) is 6.60. The van der Waals surface area contributed by atoms with E-state index < -0.39 is 11.8 Å². The van der Waals surface area contributed by atoms with Gasteiger partial charge in [-0.1, -0.05) is 18.2 Å². The highest BCUT2D eigenvalue weighted by molar-refractivity contribution is 6.35. The Hall–Kier alpha value is -3.85. The molecule has 2 N–H and O–H groups in total. The minimum Gasteiger partial charge on any atom is -0.369 e. The number of benzene rings is 2. The second-order valence-corrected chi connectivity index (χ2v) is 8.32. The molecule has 1 fully saturated rings. The number of carbonyl (C=O) groups is 2. The van der Waals surface area contributed by atoms with E-state index in [1.54, 1.807) is 36.7 Å². The number of aromatic nitrogens is 1. The maximum Gasteiger partial charge on any atom is 0.309 e. The van der Waals surface area contributed by atoms with Gasteiger partial charge in [-0.15, -0.1) is 0 Å². The second-order valence-electron chi connectivity index (χ2n) is 8.32. The van der Waals surface area contributed by atoms with Crippen molar-refractivity contribution in [3.63, 3.8) is 0 Å². The van der Waals surface area contributed by atoms with E-state index in [9.17, 15) is 18.4 Å². The van der Waals surface area contributed by atoms with E-state index in [-0.39, 0.29) is 30.8 Å². The highest BCUT2D eigenvalue weighted by Gasteiger charge is 2.26. The van der Waals surface area contributed by atoms with Gasteiger partial charge in [-0.05, 0) is 53.6 Å². The fraction of sp³-hybridized carbons (Fsp3) is 0.269. The van der Waals surface area contributed by atoms with Crippen molar-refractivity contribution in [1.29, 1.82) is 0 Å². The van der Waals surface area contributed by atoms with Crippen molar-refractivity contribution in [1.82, 2.24) is 20.5 Å². The van der Waals surface area contributed by atoms with Gasteiger partial charge in [0.2, 0.25) is 0 Å². The molecule has 4 rings (SSSR count). The van der Waals surface area contributed by atoms with Crippen LogP contribution in [0.5, 0.6) is 0 Å². The molecule has 0 radical (unpaired) electrons. The van der Waals surface area contributed by atoms with Gasteiger partial charge in [-0.2, -0.15) is 0 Å². The molecule has 3 aromatic rings. The zero-order valence-electron chi connectivity index (χ0n) is 19.2. The molecule has 9 heteroatoms. The summed E-state index contributed by atoms with van der Waals surface area (Å²) in [6.45, 7) is 3.31. The van der Waals surface area contributed by atoms with Crippen LogP contribution in [-0.2, 0) is 16.1 Å². The number of nitrogens with one attached hydrogen (secondary N) is 2. The molecule has 0 bridgehead atoms. The first kappa shape index (κ1) is 24.3. The molecule has 1 aromatic heterocycles. The summed E-state index contributed by atoms with van der Waals surface area (Å²) < 4.78 is 26.3. The van der Waals surface area contributed by atoms with Crippen LogP contribution in [0.1, 0.15) is 17.2 Å². The van der Waals surface area contributed by atoms with Crippen molar-refractivity contribution in [3.05, 3.63) is 95.8 Å². The topological polar surface area (TPSA) is 77.6 Å². The summed E-state index contributed by atoms with van der Waals surface area (Å²) in [6, 6.07) is 15.8. The number of halogens is 2. The molecule has 1 saturated heterocycles. The van der Waals surface area contributed by atoms with Crippen molar-refractivity contribution in [3.8, 4) is 0 Å². The van der Waals surface area contributed by atoms with Crippen LogP contribution >= 0.6 is 0 Å². The molecule has 1 aliphatic heterocycles. The van der Waals surface area contributed by atoms with Crippen molar-refractivity contribution in [2.75, 3.05) is 37.6 Å². The van der Waals surface area contributed by atoms with Gasteiger partial charge >= 0.3 is 11.8 Å². The summed E-state index contributed by atoms with van der Waals surface area (Å²) in [5.74, 6) is -2.11. The van der Waals surface area contributed by atoms with Crippen LogP contribution in [0.25, 0.3) is 0 Å². The normalized spacial score (nSPS) is 14.9. The number of nitrogens with zero attached hydrogens (tertiary/aromatic N) is 3. The SMILES string of the molecule is O=C(NCc1ccc(F)cc1)C(=O)NC[C@@H](c1cccnc1)N1CCN(c2ccc(F)cc2)CC1. The van der Waals surface area contributed by atoms with Gasteiger partial charge < -0.3 is 15.5 Å². The van der Waals surface area contributed by atoms with E-state index in [4.69, 9.17) is 0 Å². The second kappa shape index (κ2) is 11.5.